The van der Waals surface area contributed by atoms with Gasteiger partial charge < -0.3 is 0 Å². The standard InChI is InChI=1S/C21H21N5O/c27-26-20-10-14(13-22-24-20)4-1-5-15-6-3-9-18(15)16-7-2-8-17(11-16)19-12-21(26)25-23-19/h1-2,4,7-8,10-11,13,15,18,27H,3,5-6,9,12H2/b4-1-. The van der Waals surface area contributed by atoms with E-state index in [1.807, 2.05) is 6.07 Å². The maximum absolute atomic E-state index is 10.5. The van der Waals surface area contributed by atoms with Crippen molar-refractivity contribution >= 4 is 23.4 Å². The van der Waals surface area contributed by atoms with Crippen LogP contribution in [0.1, 0.15) is 54.7 Å². The molecule has 0 spiro atoms. The first kappa shape index (κ1) is 16.3. The fraction of sp³-hybridized carbons (Fsp3) is 0.333. The van der Waals surface area contributed by atoms with Crippen LogP contribution < -0.4 is 5.06 Å². The van der Waals surface area contributed by atoms with Crippen molar-refractivity contribution < 1.29 is 5.21 Å². The summed E-state index contributed by atoms with van der Waals surface area (Å²) in [5.41, 5.74) is 4.26. The van der Waals surface area contributed by atoms with Crippen LogP contribution in [0.2, 0.25) is 0 Å². The summed E-state index contributed by atoms with van der Waals surface area (Å²) >= 11 is 0. The summed E-state index contributed by atoms with van der Waals surface area (Å²) in [6.45, 7) is 0. The molecule has 1 aliphatic carbocycles. The molecule has 6 nitrogen and oxygen atoms in total. The number of nitrogens with zero attached hydrogens (tertiary/aromatic N) is 5. The topological polar surface area (TPSA) is 74.0 Å². The summed E-state index contributed by atoms with van der Waals surface area (Å²) in [6.07, 6.45) is 11.3. The third-order valence-electron chi connectivity index (χ3n) is 5.79. The summed E-state index contributed by atoms with van der Waals surface area (Å²) in [7, 11) is 0. The lowest BCUT2D eigenvalue weighted by molar-refractivity contribution is 0.306. The average molecular weight is 359 g/mol. The van der Waals surface area contributed by atoms with Crippen molar-refractivity contribution in [2.24, 2.45) is 16.1 Å². The lowest BCUT2D eigenvalue weighted by Crippen LogP contribution is -2.28. The molecule has 0 amide bonds. The zero-order chi connectivity index (χ0) is 18.2. The van der Waals surface area contributed by atoms with E-state index in [-0.39, 0.29) is 0 Å². The van der Waals surface area contributed by atoms with E-state index in [9.17, 15) is 5.21 Å². The number of anilines is 1. The Balaban J connectivity index is 1.57. The first-order valence-electron chi connectivity index (χ1n) is 9.50. The van der Waals surface area contributed by atoms with Gasteiger partial charge >= 0.3 is 0 Å². The van der Waals surface area contributed by atoms with E-state index in [0.29, 0.717) is 29.9 Å². The summed E-state index contributed by atoms with van der Waals surface area (Å²) in [5.74, 6) is 2.05. The third-order valence-corrected chi connectivity index (χ3v) is 5.79. The molecule has 0 radical (unpaired) electrons. The number of hydrogen-bond donors (Lipinski definition) is 1. The largest absolute Gasteiger partial charge is 0.281 e. The van der Waals surface area contributed by atoms with Crippen molar-refractivity contribution in [2.75, 3.05) is 5.06 Å². The van der Waals surface area contributed by atoms with Crippen molar-refractivity contribution in [2.45, 2.75) is 38.0 Å². The molecule has 27 heavy (non-hydrogen) atoms. The summed E-state index contributed by atoms with van der Waals surface area (Å²) < 4.78 is 0. The van der Waals surface area contributed by atoms with E-state index in [4.69, 9.17) is 0 Å². The van der Waals surface area contributed by atoms with Crippen molar-refractivity contribution in [3.8, 4) is 0 Å². The van der Waals surface area contributed by atoms with Gasteiger partial charge in [-0.2, -0.15) is 15.3 Å². The molecule has 2 unspecified atom stereocenters. The van der Waals surface area contributed by atoms with Crippen LogP contribution >= 0.6 is 0 Å². The van der Waals surface area contributed by atoms with Crippen molar-refractivity contribution in [3.63, 3.8) is 0 Å². The number of allylic oxidation sites excluding steroid dienone is 1. The Labute approximate surface area is 157 Å². The Kier molecular flexibility index (Phi) is 4.05. The van der Waals surface area contributed by atoms with Crippen LogP contribution in [0.25, 0.3) is 6.08 Å². The number of rotatable bonds is 0. The van der Waals surface area contributed by atoms with Crippen LogP contribution in [0, 0.1) is 5.92 Å². The first-order chi connectivity index (χ1) is 13.3. The Hall–Kier alpha value is -2.86. The molecule has 6 heteroatoms. The molecular weight excluding hydrogens is 338 g/mol. The predicted octanol–water partition coefficient (Wildman–Crippen LogP) is 4.18. The summed E-state index contributed by atoms with van der Waals surface area (Å²) in [5, 5.41) is 28.1. The minimum atomic E-state index is 0.356. The van der Waals surface area contributed by atoms with Crippen molar-refractivity contribution in [1.82, 2.24) is 10.2 Å². The van der Waals surface area contributed by atoms with Crippen molar-refractivity contribution in [1.29, 1.82) is 0 Å². The van der Waals surface area contributed by atoms with Crippen LogP contribution in [0.5, 0.6) is 0 Å². The van der Waals surface area contributed by atoms with Gasteiger partial charge in [-0.3, -0.25) is 5.21 Å². The van der Waals surface area contributed by atoms with E-state index in [2.05, 4.69) is 56.8 Å². The van der Waals surface area contributed by atoms with Crippen LogP contribution in [0.15, 0.2) is 52.8 Å². The van der Waals surface area contributed by atoms with Gasteiger partial charge in [0.2, 0.25) is 0 Å². The Bertz CT molecular complexity index is 965. The average Bonchev–Trinajstić information content (AvgIpc) is 3.37. The third kappa shape index (κ3) is 3.06. The molecule has 6 bridgehead atoms. The van der Waals surface area contributed by atoms with Gasteiger partial charge in [-0.25, -0.2) is 0 Å². The molecule has 3 aliphatic rings. The maximum Gasteiger partial charge on any atom is 0.182 e. The molecular formula is C21H21N5O. The number of fused-ring (bicyclic) bond motifs is 9. The molecule has 1 fully saturated rings. The normalized spacial score (nSPS) is 25.1. The molecule has 2 aliphatic heterocycles. The fourth-order valence-electron chi connectivity index (χ4n) is 4.40. The van der Waals surface area contributed by atoms with Gasteiger partial charge in [-0.15, -0.1) is 10.2 Å². The van der Waals surface area contributed by atoms with E-state index < -0.39 is 0 Å². The van der Waals surface area contributed by atoms with Crippen LogP contribution in [-0.4, -0.2) is 27.0 Å². The highest BCUT2D eigenvalue weighted by Crippen LogP contribution is 2.42. The Morgan fingerprint density at radius 3 is 3.04 bits per heavy atom. The van der Waals surface area contributed by atoms with E-state index in [0.717, 1.165) is 28.3 Å². The van der Waals surface area contributed by atoms with E-state index >= 15 is 0 Å². The number of hydrogen-bond acceptors (Lipinski definition) is 6. The lowest BCUT2D eigenvalue weighted by atomic mass is 9.85. The Morgan fingerprint density at radius 1 is 1.11 bits per heavy atom. The zero-order valence-electron chi connectivity index (χ0n) is 15.0. The van der Waals surface area contributed by atoms with E-state index in [1.54, 1.807) is 6.20 Å². The predicted molar refractivity (Wildman–Crippen MR) is 105 cm³/mol. The molecule has 1 aromatic heterocycles. The number of hydroxylamine groups is 1. The highest BCUT2D eigenvalue weighted by molar-refractivity contribution is 6.17. The monoisotopic (exact) mass is 359 g/mol. The van der Waals surface area contributed by atoms with Gasteiger partial charge in [-0.1, -0.05) is 36.8 Å². The molecule has 1 aromatic carbocycles. The lowest BCUT2D eigenvalue weighted by Gasteiger charge is -2.19. The second kappa shape index (κ2) is 6.70. The Morgan fingerprint density at radius 2 is 2.07 bits per heavy atom. The minimum Gasteiger partial charge on any atom is -0.281 e. The number of amidine groups is 1. The second-order valence-corrected chi connectivity index (χ2v) is 7.46. The van der Waals surface area contributed by atoms with Gasteiger partial charge in [-0.05, 0) is 59.9 Å². The molecule has 1 saturated carbocycles. The minimum absolute atomic E-state index is 0.356. The molecule has 2 atom stereocenters. The molecule has 0 saturated heterocycles. The van der Waals surface area contributed by atoms with E-state index in [1.165, 1.54) is 24.8 Å². The molecule has 136 valence electrons. The SMILES string of the molecule is ON1C2=NN=C(C2)c2cccc(c2)C2CCCC2C/C=C\c2cnnc1c2. The first-order valence-corrected chi connectivity index (χ1v) is 9.50. The zero-order valence-corrected chi connectivity index (χ0v) is 15.0. The van der Waals surface area contributed by atoms with Crippen molar-refractivity contribution in [3.05, 3.63) is 59.3 Å². The van der Waals surface area contributed by atoms with Gasteiger partial charge in [0.1, 0.15) is 0 Å². The van der Waals surface area contributed by atoms with Gasteiger partial charge in [0, 0.05) is 0 Å². The fourth-order valence-corrected chi connectivity index (χ4v) is 4.40. The smallest absolute Gasteiger partial charge is 0.182 e. The van der Waals surface area contributed by atoms with Crippen LogP contribution in [0.3, 0.4) is 0 Å². The second-order valence-electron chi connectivity index (χ2n) is 7.46. The number of benzene rings is 1. The summed E-state index contributed by atoms with van der Waals surface area (Å²) in [6, 6.07) is 10.5. The maximum atomic E-state index is 10.5. The van der Waals surface area contributed by atoms with Crippen LogP contribution in [-0.2, 0) is 0 Å². The van der Waals surface area contributed by atoms with Gasteiger partial charge in [0.05, 0.1) is 18.3 Å². The number of aromatic nitrogens is 2. The molecule has 3 heterocycles. The quantitative estimate of drug-likeness (QED) is 0.766. The highest BCUT2D eigenvalue weighted by Gasteiger charge is 2.29. The molecule has 1 N–H and O–H groups in total. The highest BCUT2D eigenvalue weighted by atomic mass is 16.5. The van der Waals surface area contributed by atoms with Crippen LogP contribution in [0.4, 0.5) is 5.82 Å². The summed E-state index contributed by atoms with van der Waals surface area (Å²) in [4.78, 5) is 0. The molecule has 5 rings (SSSR count). The van der Waals surface area contributed by atoms with Gasteiger partial charge in [0.15, 0.2) is 11.7 Å². The van der Waals surface area contributed by atoms with Gasteiger partial charge in [0.25, 0.3) is 0 Å². The molecule has 2 aromatic rings.